The van der Waals surface area contributed by atoms with Crippen LogP contribution >= 0.6 is 11.3 Å². The summed E-state index contributed by atoms with van der Waals surface area (Å²) in [6.45, 7) is 6.82. The molecule has 0 saturated carbocycles. The fourth-order valence-electron chi connectivity index (χ4n) is 1.87. The lowest BCUT2D eigenvalue weighted by Gasteiger charge is -2.06. The van der Waals surface area contributed by atoms with Crippen LogP contribution in [0.25, 0.3) is 10.6 Å². The molecule has 1 heterocycles. The van der Waals surface area contributed by atoms with Gasteiger partial charge in [0.05, 0.1) is 11.0 Å². The smallest absolute Gasteiger partial charge is 0.270 e. The molecule has 0 saturated heterocycles. The topological polar surface area (TPSA) is 81.0 Å². The molecule has 0 aliphatic rings. The molecule has 0 bridgehead atoms. The Morgan fingerprint density at radius 2 is 2.20 bits per heavy atom. The predicted molar refractivity (Wildman–Crippen MR) is 78.8 cm³/mol. The highest BCUT2D eigenvalue weighted by atomic mass is 32.1. The zero-order chi connectivity index (χ0) is 14.7. The van der Waals surface area contributed by atoms with Gasteiger partial charge >= 0.3 is 0 Å². The molecule has 0 amide bonds. The minimum atomic E-state index is -0.397. The van der Waals surface area contributed by atoms with Gasteiger partial charge in [-0.25, -0.2) is 0 Å². The number of aromatic nitrogens is 2. The van der Waals surface area contributed by atoms with Crippen LogP contribution in [0.5, 0.6) is 0 Å². The number of aryl methyl sites for hydroxylation is 1. The van der Waals surface area contributed by atoms with E-state index in [4.69, 9.17) is 0 Å². The van der Waals surface area contributed by atoms with E-state index < -0.39 is 4.92 Å². The monoisotopic (exact) mass is 292 g/mol. The Hall–Kier alpha value is -1.86. The molecule has 7 heteroatoms. The molecule has 2 aromatic rings. The van der Waals surface area contributed by atoms with Gasteiger partial charge in [0, 0.05) is 17.7 Å². The van der Waals surface area contributed by atoms with Crippen molar-refractivity contribution >= 4 is 17.0 Å². The SMILES string of the molecule is CCNC(C)c1nnc(-c2cc([N+](=O)[O-])ccc2C)s1. The van der Waals surface area contributed by atoms with Crippen molar-refractivity contribution in [2.45, 2.75) is 26.8 Å². The van der Waals surface area contributed by atoms with Crippen molar-refractivity contribution < 1.29 is 4.92 Å². The zero-order valence-corrected chi connectivity index (χ0v) is 12.4. The molecule has 0 aliphatic heterocycles. The minimum Gasteiger partial charge on any atom is -0.308 e. The van der Waals surface area contributed by atoms with Crippen molar-refractivity contribution in [3.63, 3.8) is 0 Å². The maximum absolute atomic E-state index is 10.9. The van der Waals surface area contributed by atoms with Crippen molar-refractivity contribution in [1.29, 1.82) is 0 Å². The molecule has 0 radical (unpaired) electrons. The highest BCUT2D eigenvalue weighted by Crippen LogP contribution is 2.31. The summed E-state index contributed by atoms with van der Waals surface area (Å²) in [5, 5.41) is 24.0. The molecule has 106 valence electrons. The van der Waals surface area contributed by atoms with Crippen molar-refractivity contribution in [2.75, 3.05) is 6.54 Å². The Kier molecular flexibility index (Phi) is 4.41. The second-order valence-corrected chi connectivity index (χ2v) is 5.49. The first-order chi connectivity index (χ1) is 9.52. The molecule has 1 unspecified atom stereocenters. The Morgan fingerprint density at radius 1 is 1.45 bits per heavy atom. The summed E-state index contributed by atoms with van der Waals surface area (Å²) in [4.78, 5) is 10.5. The number of nitro groups is 1. The van der Waals surface area contributed by atoms with Gasteiger partial charge in [0.25, 0.3) is 5.69 Å². The van der Waals surface area contributed by atoms with Gasteiger partial charge in [-0.1, -0.05) is 24.3 Å². The Balaban J connectivity index is 2.36. The van der Waals surface area contributed by atoms with E-state index in [-0.39, 0.29) is 11.7 Å². The normalized spacial score (nSPS) is 12.3. The number of benzene rings is 1. The standard InChI is InChI=1S/C13H16N4O2S/c1-4-14-9(3)12-15-16-13(20-12)11-7-10(17(18)19)6-5-8(11)2/h5-7,9,14H,4H2,1-3H3. The highest BCUT2D eigenvalue weighted by molar-refractivity contribution is 7.14. The number of nitrogens with one attached hydrogen (secondary N) is 1. The van der Waals surface area contributed by atoms with Crippen LogP contribution in [0.15, 0.2) is 18.2 Å². The third-order valence-corrected chi connectivity index (χ3v) is 4.12. The summed E-state index contributed by atoms with van der Waals surface area (Å²) in [6, 6.07) is 4.92. The van der Waals surface area contributed by atoms with E-state index in [1.807, 2.05) is 20.8 Å². The number of nitro benzene ring substituents is 1. The van der Waals surface area contributed by atoms with Gasteiger partial charge in [0.15, 0.2) is 0 Å². The van der Waals surface area contributed by atoms with Crippen LogP contribution in [0, 0.1) is 17.0 Å². The number of nitrogens with zero attached hydrogens (tertiary/aromatic N) is 3. The molecule has 1 aromatic heterocycles. The van der Waals surface area contributed by atoms with E-state index in [9.17, 15) is 10.1 Å². The first-order valence-corrected chi connectivity index (χ1v) is 7.16. The molecular weight excluding hydrogens is 276 g/mol. The molecule has 6 nitrogen and oxygen atoms in total. The number of non-ortho nitro benzene ring substituents is 1. The summed E-state index contributed by atoms with van der Waals surface area (Å²) in [5.41, 5.74) is 1.79. The van der Waals surface area contributed by atoms with Crippen molar-refractivity contribution in [1.82, 2.24) is 15.5 Å². The van der Waals surface area contributed by atoms with Crippen LogP contribution in [0.3, 0.4) is 0 Å². The third-order valence-electron chi connectivity index (χ3n) is 2.98. The minimum absolute atomic E-state index is 0.0714. The van der Waals surface area contributed by atoms with E-state index >= 15 is 0 Å². The van der Waals surface area contributed by atoms with Crippen LogP contribution in [0.2, 0.25) is 0 Å². The van der Waals surface area contributed by atoms with Crippen LogP contribution in [0.1, 0.15) is 30.5 Å². The lowest BCUT2D eigenvalue weighted by atomic mass is 10.1. The van der Waals surface area contributed by atoms with E-state index in [0.717, 1.165) is 22.7 Å². The van der Waals surface area contributed by atoms with Crippen molar-refractivity contribution in [2.24, 2.45) is 0 Å². The summed E-state index contributed by atoms with van der Waals surface area (Å²) >= 11 is 1.46. The average Bonchev–Trinajstić information content (AvgIpc) is 2.88. The average molecular weight is 292 g/mol. The van der Waals surface area contributed by atoms with E-state index in [1.165, 1.54) is 17.4 Å². The first-order valence-electron chi connectivity index (χ1n) is 6.35. The van der Waals surface area contributed by atoms with Gasteiger partial charge in [-0.3, -0.25) is 10.1 Å². The second kappa shape index (κ2) is 6.06. The van der Waals surface area contributed by atoms with Crippen molar-refractivity contribution in [3.05, 3.63) is 38.9 Å². The van der Waals surface area contributed by atoms with Crippen LogP contribution < -0.4 is 5.32 Å². The lowest BCUT2D eigenvalue weighted by Crippen LogP contribution is -2.17. The molecule has 0 spiro atoms. The second-order valence-electron chi connectivity index (χ2n) is 4.48. The maximum Gasteiger partial charge on any atom is 0.270 e. The fraction of sp³-hybridized carbons (Fsp3) is 0.385. The van der Waals surface area contributed by atoms with Crippen LogP contribution in [-0.4, -0.2) is 21.7 Å². The number of hydrogen-bond acceptors (Lipinski definition) is 6. The lowest BCUT2D eigenvalue weighted by molar-refractivity contribution is -0.384. The predicted octanol–water partition coefficient (Wildman–Crippen LogP) is 3.09. The summed E-state index contributed by atoms with van der Waals surface area (Å²) in [7, 11) is 0. The molecule has 1 N–H and O–H groups in total. The molecular formula is C13H16N4O2S. The summed E-state index contributed by atoms with van der Waals surface area (Å²) in [6.07, 6.45) is 0. The largest absolute Gasteiger partial charge is 0.308 e. The fourth-order valence-corrected chi connectivity index (χ4v) is 2.82. The van der Waals surface area contributed by atoms with Gasteiger partial charge in [0.1, 0.15) is 10.0 Å². The molecule has 20 heavy (non-hydrogen) atoms. The molecule has 0 aliphatic carbocycles. The quantitative estimate of drug-likeness (QED) is 0.676. The summed E-state index contributed by atoms with van der Waals surface area (Å²) in [5.74, 6) is 0. The van der Waals surface area contributed by atoms with Crippen LogP contribution in [0.4, 0.5) is 5.69 Å². The van der Waals surface area contributed by atoms with Crippen LogP contribution in [-0.2, 0) is 0 Å². The van der Waals surface area contributed by atoms with E-state index in [1.54, 1.807) is 12.1 Å². The molecule has 0 fully saturated rings. The first kappa shape index (κ1) is 14.5. The highest BCUT2D eigenvalue weighted by Gasteiger charge is 2.16. The summed E-state index contributed by atoms with van der Waals surface area (Å²) < 4.78 is 0. The Morgan fingerprint density at radius 3 is 2.85 bits per heavy atom. The zero-order valence-electron chi connectivity index (χ0n) is 11.6. The Bertz CT molecular complexity index is 627. The third kappa shape index (κ3) is 3.00. The van der Waals surface area contributed by atoms with E-state index in [2.05, 4.69) is 15.5 Å². The van der Waals surface area contributed by atoms with Gasteiger partial charge in [0.2, 0.25) is 0 Å². The molecule has 1 atom stereocenters. The molecule has 1 aromatic carbocycles. The maximum atomic E-state index is 10.9. The Labute approximate surface area is 121 Å². The number of rotatable bonds is 5. The molecule has 2 rings (SSSR count). The van der Waals surface area contributed by atoms with Gasteiger partial charge < -0.3 is 5.32 Å². The van der Waals surface area contributed by atoms with Crippen molar-refractivity contribution in [3.8, 4) is 10.6 Å². The van der Waals surface area contributed by atoms with Gasteiger partial charge in [-0.15, -0.1) is 10.2 Å². The van der Waals surface area contributed by atoms with Gasteiger partial charge in [-0.05, 0) is 26.0 Å². The number of hydrogen-bond donors (Lipinski definition) is 1. The van der Waals surface area contributed by atoms with Gasteiger partial charge in [-0.2, -0.15) is 0 Å². The van der Waals surface area contributed by atoms with E-state index in [0.29, 0.717) is 5.01 Å².